The molecule has 0 unspecified atom stereocenters. The highest BCUT2D eigenvalue weighted by Gasteiger charge is 2.14. The van der Waals surface area contributed by atoms with Gasteiger partial charge in [-0.3, -0.25) is 9.89 Å². The van der Waals surface area contributed by atoms with Crippen LogP contribution < -0.4 is 5.32 Å². The van der Waals surface area contributed by atoms with Gasteiger partial charge in [-0.1, -0.05) is 36.4 Å². The molecule has 4 aromatic rings. The Morgan fingerprint density at radius 2 is 1.91 bits per heavy atom. The average Bonchev–Trinajstić information content (AvgIpc) is 3.23. The van der Waals surface area contributed by atoms with Crippen LogP contribution in [-0.2, 0) is 4.79 Å². The Kier molecular flexibility index (Phi) is 3.12. The minimum Gasteiger partial charge on any atom is -0.338 e. The first-order chi connectivity index (χ1) is 11.4. The van der Waals surface area contributed by atoms with Crippen LogP contribution in [0, 0.1) is 0 Å². The Bertz CT molecular complexity index is 971. The van der Waals surface area contributed by atoms with E-state index in [1.807, 2.05) is 48.5 Å². The van der Waals surface area contributed by atoms with Gasteiger partial charge in [0.25, 0.3) is 0 Å². The van der Waals surface area contributed by atoms with E-state index < -0.39 is 0 Å². The van der Waals surface area contributed by atoms with Gasteiger partial charge in [-0.15, -0.1) is 0 Å². The van der Waals surface area contributed by atoms with Gasteiger partial charge in [-0.2, -0.15) is 5.10 Å². The number of nitrogens with one attached hydrogen (secondary N) is 3. The first kappa shape index (κ1) is 13.3. The van der Waals surface area contributed by atoms with Crippen molar-refractivity contribution in [2.75, 3.05) is 5.32 Å². The van der Waals surface area contributed by atoms with Crippen molar-refractivity contribution in [2.45, 2.75) is 0 Å². The largest absolute Gasteiger partial charge is 0.338 e. The van der Waals surface area contributed by atoms with Crippen molar-refractivity contribution >= 4 is 23.1 Å². The molecule has 0 spiro atoms. The van der Waals surface area contributed by atoms with Gasteiger partial charge in [0.15, 0.2) is 0 Å². The predicted octanol–water partition coefficient (Wildman–Crippen LogP) is 3.19. The fourth-order valence-corrected chi connectivity index (χ4v) is 2.63. The molecule has 2 heterocycles. The second kappa shape index (κ2) is 5.42. The van der Waals surface area contributed by atoms with Crippen LogP contribution in [0.25, 0.3) is 33.7 Å². The second-order valence-corrected chi connectivity index (χ2v) is 5.07. The SMILES string of the molecule is O=CNc1cccc2[nH]c(-c3cn[nH]c3-c3ccccc3)nc12. The number of carbonyl (C=O) groups is 1. The zero-order valence-electron chi connectivity index (χ0n) is 12.1. The lowest BCUT2D eigenvalue weighted by Gasteiger charge is -2.00. The van der Waals surface area contributed by atoms with E-state index in [2.05, 4.69) is 25.5 Å². The number of para-hydroxylation sites is 1. The first-order valence-electron chi connectivity index (χ1n) is 7.15. The minimum absolute atomic E-state index is 0.649. The summed E-state index contributed by atoms with van der Waals surface area (Å²) in [5, 5.41) is 9.84. The van der Waals surface area contributed by atoms with Gasteiger partial charge >= 0.3 is 0 Å². The van der Waals surface area contributed by atoms with E-state index in [1.54, 1.807) is 6.20 Å². The van der Waals surface area contributed by atoms with E-state index >= 15 is 0 Å². The van der Waals surface area contributed by atoms with Crippen molar-refractivity contribution < 1.29 is 4.79 Å². The summed E-state index contributed by atoms with van der Waals surface area (Å²) in [6, 6.07) is 15.5. The average molecular weight is 303 g/mol. The van der Waals surface area contributed by atoms with Crippen molar-refractivity contribution in [3.05, 3.63) is 54.7 Å². The number of carbonyl (C=O) groups excluding carboxylic acids is 1. The Morgan fingerprint density at radius 3 is 2.74 bits per heavy atom. The number of imidazole rings is 1. The second-order valence-electron chi connectivity index (χ2n) is 5.07. The molecule has 0 fully saturated rings. The molecule has 2 aromatic carbocycles. The Labute approximate surface area is 131 Å². The molecule has 0 radical (unpaired) electrons. The molecular weight excluding hydrogens is 290 g/mol. The number of aromatic nitrogens is 4. The third-order valence-corrected chi connectivity index (χ3v) is 3.68. The Morgan fingerprint density at radius 1 is 1.04 bits per heavy atom. The van der Waals surface area contributed by atoms with Crippen LogP contribution in [0.4, 0.5) is 5.69 Å². The maximum atomic E-state index is 10.7. The minimum atomic E-state index is 0.649. The Hall–Kier alpha value is -3.41. The molecule has 0 atom stereocenters. The van der Waals surface area contributed by atoms with Crippen LogP contribution in [0.1, 0.15) is 0 Å². The zero-order valence-corrected chi connectivity index (χ0v) is 12.1. The van der Waals surface area contributed by atoms with Crippen LogP contribution in [0.2, 0.25) is 0 Å². The van der Waals surface area contributed by atoms with E-state index in [1.165, 1.54) is 0 Å². The molecule has 0 saturated carbocycles. The van der Waals surface area contributed by atoms with E-state index in [0.29, 0.717) is 17.9 Å². The Balaban J connectivity index is 1.86. The summed E-state index contributed by atoms with van der Waals surface area (Å²) in [5.41, 5.74) is 5.05. The van der Waals surface area contributed by atoms with E-state index in [4.69, 9.17) is 0 Å². The van der Waals surface area contributed by atoms with E-state index in [9.17, 15) is 4.79 Å². The standard InChI is InChI=1S/C17H13N5O/c23-10-18-13-7-4-8-14-16(13)21-17(20-14)12-9-19-22-15(12)11-5-2-1-3-6-11/h1-10H,(H,18,23)(H,19,22)(H,20,21). The van der Waals surface area contributed by atoms with Gasteiger partial charge in [0.05, 0.1) is 28.7 Å². The first-order valence-corrected chi connectivity index (χ1v) is 7.15. The van der Waals surface area contributed by atoms with Crippen molar-refractivity contribution in [3.63, 3.8) is 0 Å². The lowest BCUT2D eigenvalue weighted by molar-refractivity contribution is -0.105. The molecule has 0 bridgehead atoms. The van der Waals surface area contributed by atoms with Crippen LogP contribution in [0.3, 0.4) is 0 Å². The van der Waals surface area contributed by atoms with Crippen LogP contribution in [-0.4, -0.2) is 26.6 Å². The third-order valence-electron chi connectivity index (χ3n) is 3.68. The number of nitrogens with zero attached hydrogens (tertiary/aromatic N) is 2. The summed E-state index contributed by atoms with van der Waals surface area (Å²) >= 11 is 0. The summed E-state index contributed by atoms with van der Waals surface area (Å²) in [4.78, 5) is 18.6. The molecule has 6 nitrogen and oxygen atoms in total. The lowest BCUT2D eigenvalue weighted by atomic mass is 10.1. The molecule has 1 amide bonds. The summed E-state index contributed by atoms with van der Waals surface area (Å²) in [6.45, 7) is 0. The molecule has 3 N–H and O–H groups in total. The molecule has 4 rings (SSSR count). The molecule has 6 heteroatoms. The summed E-state index contributed by atoms with van der Waals surface area (Å²) in [7, 11) is 0. The molecule has 0 saturated heterocycles. The number of benzene rings is 2. The number of amides is 1. The van der Waals surface area contributed by atoms with Crippen LogP contribution in [0.15, 0.2) is 54.7 Å². The van der Waals surface area contributed by atoms with E-state index in [0.717, 1.165) is 27.9 Å². The molecule has 23 heavy (non-hydrogen) atoms. The highest BCUT2D eigenvalue weighted by atomic mass is 16.1. The molecule has 0 aliphatic heterocycles. The monoisotopic (exact) mass is 303 g/mol. The maximum Gasteiger partial charge on any atom is 0.211 e. The van der Waals surface area contributed by atoms with Gasteiger partial charge in [-0.25, -0.2) is 4.98 Å². The maximum absolute atomic E-state index is 10.7. The molecule has 112 valence electrons. The summed E-state index contributed by atoms with van der Waals surface area (Å²) in [6.07, 6.45) is 2.39. The van der Waals surface area contributed by atoms with E-state index in [-0.39, 0.29) is 0 Å². The fraction of sp³-hybridized carbons (Fsp3) is 0. The highest BCUT2D eigenvalue weighted by Crippen LogP contribution is 2.31. The quantitative estimate of drug-likeness (QED) is 0.506. The van der Waals surface area contributed by atoms with Crippen molar-refractivity contribution in [1.29, 1.82) is 0 Å². The van der Waals surface area contributed by atoms with Gasteiger partial charge in [0, 0.05) is 5.56 Å². The molecule has 0 aliphatic rings. The van der Waals surface area contributed by atoms with Crippen LogP contribution in [0.5, 0.6) is 0 Å². The smallest absolute Gasteiger partial charge is 0.211 e. The van der Waals surface area contributed by atoms with Gasteiger partial charge in [0.2, 0.25) is 6.41 Å². The number of rotatable bonds is 4. The van der Waals surface area contributed by atoms with Gasteiger partial charge in [-0.05, 0) is 12.1 Å². The van der Waals surface area contributed by atoms with Crippen LogP contribution >= 0.6 is 0 Å². The fourth-order valence-electron chi connectivity index (χ4n) is 2.63. The molecule has 2 aromatic heterocycles. The number of aromatic amines is 2. The number of hydrogen-bond donors (Lipinski definition) is 3. The molecular formula is C17H13N5O. The van der Waals surface area contributed by atoms with Gasteiger partial charge < -0.3 is 10.3 Å². The lowest BCUT2D eigenvalue weighted by Crippen LogP contribution is -1.94. The van der Waals surface area contributed by atoms with Crippen molar-refractivity contribution in [3.8, 4) is 22.6 Å². The number of fused-ring (bicyclic) bond motifs is 1. The third kappa shape index (κ3) is 2.26. The number of H-pyrrole nitrogens is 2. The zero-order chi connectivity index (χ0) is 15.6. The predicted molar refractivity (Wildman–Crippen MR) is 88.8 cm³/mol. The van der Waals surface area contributed by atoms with Crippen molar-refractivity contribution in [2.24, 2.45) is 0 Å². The number of anilines is 1. The topological polar surface area (TPSA) is 86.5 Å². The van der Waals surface area contributed by atoms with Gasteiger partial charge in [0.1, 0.15) is 11.3 Å². The van der Waals surface area contributed by atoms with Crippen molar-refractivity contribution in [1.82, 2.24) is 20.2 Å². The summed E-state index contributed by atoms with van der Waals surface area (Å²) in [5.74, 6) is 0.702. The summed E-state index contributed by atoms with van der Waals surface area (Å²) < 4.78 is 0. The molecule has 0 aliphatic carbocycles. The normalized spacial score (nSPS) is 10.8. The highest BCUT2D eigenvalue weighted by molar-refractivity contribution is 5.95. The number of hydrogen-bond acceptors (Lipinski definition) is 3.